The lowest BCUT2D eigenvalue weighted by molar-refractivity contribution is 0.102. The molecule has 0 bridgehead atoms. The Labute approximate surface area is 236 Å². The summed E-state index contributed by atoms with van der Waals surface area (Å²) in [6.45, 7) is 2.87. The number of aromatic amines is 1. The number of pyridine rings is 1. The third-order valence-electron chi connectivity index (χ3n) is 7.85. The van der Waals surface area contributed by atoms with Crippen LogP contribution in [0.5, 0.6) is 0 Å². The fraction of sp³-hybridized carbons (Fsp3) is 0.323. The molecule has 41 heavy (non-hydrogen) atoms. The minimum Gasteiger partial charge on any atom is -0.377 e. The molecule has 2 aromatic carbocycles. The van der Waals surface area contributed by atoms with Crippen molar-refractivity contribution in [1.29, 1.82) is 0 Å². The normalized spacial score (nSPS) is 17.3. The number of amides is 1. The highest BCUT2D eigenvalue weighted by atomic mass is 19.1. The Morgan fingerprint density at radius 1 is 1.07 bits per heavy atom. The molecule has 1 saturated heterocycles. The predicted molar refractivity (Wildman–Crippen MR) is 153 cm³/mol. The Hall–Kier alpha value is -4.31. The summed E-state index contributed by atoms with van der Waals surface area (Å²) in [4.78, 5) is 30.7. The summed E-state index contributed by atoms with van der Waals surface area (Å²) in [5, 5.41) is 10.6. The smallest absolute Gasteiger partial charge is 0.258 e. The molecule has 1 amide bonds. The second-order valence-corrected chi connectivity index (χ2v) is 10.8. The number of anilines is 2. The molecule has 4 aromatic rings. The Kier molecular flexibility index (Phi) is 7.65. The fourth-order valence-corrected chi connectivity index (χ4v) is 5.55. The maximum absolute atomic E-state index is 13.5. The molecule has 3 N–H and O–H groups in total. The number of halogens is 2. The standard InChI is InChI=1S/C31H32F2N6O2/c32-24-4-1-20(2-5-24)7-12-39-19-23(16-35-39)30(40)36-26-15-27(31(41)34-17-26)29-14-22-13-21(3-6-28(22)37-29)18-38-10-8-25(33)9-11-38/h1-6,13,15-17,19,25,29,37H,7-12,14,18H2,(H,34,41)(H,36,40). The van der Waals surface area contributed by atoms with Gasteiger partial charge in [0.05, 0.1) is 23.5 Å². The van der Waals surface area contributed by atoms with Gasteiger partial charge in [-0.25, -0.2) is 8.78 Å². The van der Waals surface area contributed by atoms with E-state index in [1.807, 2.05) is 6.07 Å². The zero-order valence-electron chi connectivity index (χ0n) is 22.6. The average molecular weight is 559 g/mol. The van der Waals surface area contributed by atoms with Crippen LogP contribution in [0.3, 0.4) is 0 Å². The maximum Gasteiger partial charge on any atom is 0.258 e. The molecule has 212 valence electrons. The molecule has 0 saturated carbocycles. The molecular weight excluding hydrogens is 526 g/mol. The van der Waals surface area contributed by atoms with Crippen LogP contribution in [0.1, 0.15) is 51.5 Å². The zero-order chi connectivity index (χ0) is 28.3. The predicted octanol–water partition coefficient (Wildman–Crippen LogP) is 4.85. The zero-order valence-corrected chi connectivity index (χ0v) is 22.6. The van der Waals surface area contributed by atoms with Crippen LogP contribution < -0.4 is 16.2 Å². The van der Waals surface area contributed by atoms with Crippen molar-refractivity contribution in [3.05, 3.63) is 111 Å². The molecule has 0 aliphatic carbocycles. The van der Waals surface area contributed by atoms with Crippen LogP contribution in [0.25, 0.3) is 0 Å². The van der Waals surface area contributed by atoms with Gasteiger partial charge in [-0.2, -0.15) is 5.10 Å². The molecule has 1 unspecified atom stereocenters. The van der Waals surface area contributed by atoms with E-state index in [2.05, 4.69) is 37.7 Å². The first-order chi connectivity index (χ1) is 19.9. The Balaban J connectivity index is 1.08. The minimum absolute atomic E-state index is 0.212. The number of piperidine rings is 1. The fourth-order valence-electron chi connectivity index (χ4n) is 5.55. The van der Waals surface area contributed by atoms with Gasteiger partial charge in [0.25, 0.3) is 11.5 Å². The summed E-state index contributed by atoms with van der Waals surface area (Å²) in [6.07, 6.45) is 6.44. The molecule has 2 aromatic heterocycles. The molecule has 10 heteroatoms. The van der Waals surface area contributed by atoms with Gasteiger partial charge in [0.15, 0.2) is 0 Å². The quantitative estimate of drug-likeness (QED) is 0.288. The van der Waals surface area contributed by atoms with Crippen LogP contribution in [0.4, 0.5) is 20.2 Å². The number of hydrogen-bond donors (Lipinski definition) is 3. The van der Waals surface area contributed by atoms with Gasteiger partial charge in [-0.3, -0.25) is 19.2 Å². The van der Waals surface area contributed by atoms with E-state index in [0.717, 1.165) is 36.4 Å². The highest BCUT2D eigenvalue weighted by Crippen LogP contribution is 2.34. The van der Waals surface area contributed by atoms with Crippen LogP contribution in [0.15, 0.2) is 71.9 Å². The number of rotatable bonds is 8. The van der Waals surface area contributed by atoms with E-state index >= 15 is 0 Å². The highest BCUT2D eigenvalue weighted by molar-refractivity contribution is 6.03. The van der Waals surface area contributed by atoms with Crippen molar-refractivity contribution in [3.63, 3.8) is 0 Å². The number of carbonyl (C=O) groups excluding carboxylic acids is 1. The van der Waals surface area contributed by atoms with Crippen LogP contribution in [-0.4, -0.2) is 44.8 Å². The number of nitrogens with zero attached hydrogens (tertiary/aromatic N) is 3. The molecule has 8 nitrogen and oxygen atoms in total. The highest BCUT2D eigenvalue weighted by Gasteiger charge is 2.26. The minimum atomic E-state index is -0.688. The number of H-pyrrole nitrogens is 1. The number of carbonyl (C=O) groups is 1. The first-order valence-electron chi connectivity index (χ1n) is 14.0. The van der Waals surface area contributed by atoms with Crippen molar-refractivity contribution in [1.82, 2.24) is 19.7 Å². The number of hydrogen-bond acceptors (Lipinski definition) is 5. The summed E-state index contributed by atoms with van der Waals surface area (Å²) in [6, 6.07) is 14.1. The summed E-state index contributed by atoms with van der Waals surface area (Å²) in [7, 11) is 0. The lowest BCUT2D eigenvalue weighted by atomic mass is 10.0. The maximum atomic E-state index is 13.5. The third-order valence-corrected chi connectivity index (χ3v) is 7.85. The molecule has 6 rings (SSSR count). The Morgan fingerprint density at radius 2 is 1.85 bits per heavy atom. The molecule has 2 aliphatic heterocycles. The molecule has 0 radical (unpaired) electrons. The summed E-state index contributed by atoms with van der Waals surface area (Å²) in [5.74, 6) is -0.609. The lowest BCUT2D eigenvalue weighted by Gasteiger charge is -2.28. The lowest BCUT2D eigenvalue weighted by Crippen LogP contribution is -2.33. The van der Waals surface area contributed by atoms with Crippen molar-refractivity contribution in [3.8, 4) is 0 Å². The van der Waals surface area contributed by atoms with Gasteiger partial charge >= 0.3 is 0 Å². The molecule has 4 heterocycles. The summed E-state index contributed by atoms with van der Waals surface area (Å²) >= 11 is 0. The third kappa shape index (κ3) is 6.38. The Bertz CT molecular complexity index is 1590. The van der Waals surface area contributed by atoms with Crippen molar-refractivity contribution in [2.24, 2.45) is 0 Å². The average Bonchev–Trinajstić information content (AvgIpc) is 3.62. The first kappa shape index (κ1) is 26.9. The number of likely N-dealkylation sites (tertiary alicyclic amines) is 1. The second-order valence-electron chi connectivity index (χ2n) is 10.8. The van der Waals surface area contributed by atoms with Crippen molar-refractivity contribution in [2.45, 2.75) is 51.0 Å². The van der Waals surface area contributed by atoms with Crippen molar-refractivity contribution < 1.29 is 13.6 Å². The Morgan fingerprint density at radius 3 is 2.66 bits per heavy atom. The van der Waals surface area contributed by atoms with E-state index in [4.69, 9.17) is 0 Å². The second kappa shape index (κ2) is 11.7. The van der Waals surface area contributed by atoms with Crippen LogP contribution >= 0.6 is 0 Å². The van der Waals surface area contributed by atoms with E-state index in [9.17, 15) is 18.4 Å². The van der Waals surface area contributed by atoms with Crippen LogP contribution in [0.2, 0.25) is 0 Å². The van der Waals surface area contributed by atoms with Crippen LogP contribution in [-0.2, 0) is 25.9 Å². The van der Waals surface area contributed by atoms with E-state index in [1.54, 1.807) is 29.1 Å². The van der Waals surface area contributed by atoms with Gasteiger partial charge in [0.2, 0.25) is 0 Å². The topological polar surface area (TPSA) is 95.1 Å². The van der Waals surface area contributed by atoms with E-state index in [0.29, 0.717) is 49.0 Å². The largest absolute Gasteiger partial charge is 0.377 e. The van der Waals surface area contributed by atoms with Gasteiger partial charge in [-0.1, -0.05) is 24.3 Å². The number of benzene rings is 2. The number of fused-ring (bicyclic) bond motifs is 1. The van der Waals surface area contributed by atoms with E-state index in [-0.39, 0.29) is 23.3 Å². The van der Waals surface area contributed by atoms with Gasteiger partial charge in [0.1, 0.15) is 12.0 Å². The number of alkyl halides is 1. The summed E-state index contributed by atoms with van der Waals surface area (Å²) < 4.78 is 28.3. The van der Waals surface area contributed by atoms with E-state index < -0.39 is 6.17 Å². The van der Waals surface area contributed by atoms with Gasteiger partial charge < -0.3 is 15.6 Å². The SMILES string of the molecule is O=C(Nc1c[nH]c(=O)c(C2Cc3cc(CN4CCC(F)CC4)ccc3N2)c1)c1cnn(CCc2ccc(F)cc2)c1. The molecule has 2 aliphatic rings. The number of aryl methyl sites for hydroxylation is 2. The van der Waals surface area contributed by atoms with Gasteiger partial charge in [-0.05, 0) is 66.6 Å². The number of nitrogens with one attached hydrogen (secondary N) is 3. The van der Waals surface area contributed by atoms with Gasteiger partial charge in [-0.15, -0.1) is 0 Å². The monoisotopic (exact) mass is 558 g/mol. The summed E-state index contributed by atoms with van der Waals surface area (Å²) in [5.41, 5.74) is 5.49. The van der Waals surface area contributed by atoms with Crippen molar-refractivity contribution in [2.75, 3.05) is 23.7 Å². The number of aromatic nitrogens is 3. The first-order valence-corrected chi connectivity index (χ1v) is 14.0. The molecule has 1 atom stereocenters. The van der Waals surface area contributed by atoms with Crippen LogP contribution in [0, 0.1) is 5.82 Å². The van der Waals surface area contributed by atoms with Crippen molar-refractivity contribution >= 4 is 17.3 Å². The molecule has 1 fully saturated rings. The van der Waals surface area contributed by atoms with E-state index in [1.165, 1.54) is 30.1 Å². The van der Waals surface area contributed by atoms with Gasteiger partial charge in [0, 0.05) is 49.8 Å². The molecular formula is C31H32F2N6O2. The molecule has 0 spiro atoms.